The van der Waals surface area contributed by atoms with Crippen LogP contribution < -0.4 is 14.7 Å². The van der Waals surface area contributed by atoms with Gasteiger partial charge >= 0.3 is 0 Å². The summed E-state index contributed by atoms with van der Waals surface area (Å²) in [6, 6.07) is 79.6. The SMILES string of the molecule is c1ccc(N(c2ccc3c(ccc4cc(N(c5ccccc5)c5ccccn5)ccc43)c2)c2ccc3c(ccc4cc(N(c5ccccc5)c5ccccn5)ccc43)c2)cc1. The van der Waals surface area contributed by atoms with Crippen LogP contribution in [0.4, 0.5) is 51.4 Å². The van der Waals surface area contributed by atoms with Crippen LogP contribution in [0, 0.1) is 0 Å². The molecule has 0 aliphatic carbocycles. The van der Waals surface area contributed by atoms with Gasteiger partial charge in [-0.1, -0.05) is 115 Å². The van der Waals surface area contributed by atoms with Gasteiger partial charge in [-0.2, -0.15) is 0 Å². The maximum absolute atomic E-state index is 4.71. The molecule has 0 atom stereocenters. The highest BCUT2D eigenvalue weighted by molar-refractivity contribution is 6.11. The number of pyridine rings is 2. The van der Waals surface area contributed by atoms with Gasteiger partial charge < -0.3 is 4.90 Å². The molecule has 11 aromatic rings. The summed E-state index contributed by atoms with van der Waals surface area (Å²) in [5, 5.41) is 9.55. The fourth-order valence-corrected chi connectivity index (χ4v) is 8.63. The lowest BCUT2D eigenvalue weighted by Gasteiger charge is -2.27. The van der Waals surface area contributed by atoms with Gasteiger partial charge in [0.1, 0.15) is 11.6 Å². The lowest BCUT2D eigenvalue weighted by molar-refractivity contribution is 1.18. The molecular weight excluding hydrogens is 743 g/mol. The summed E-state index contributed by atoms with van der Waals surface area (Å²) in [7, 11) is 0. The first kappa shape index (κ1) is 35.8. The molecule has 288 valence electrons. The van der Waals surface area contributed by atoms with E-state index < -0.39 is 0 Å². The summed E-state index contributed by atoms with van der Waals surface area (Å²) >= 11 is 0. The van der Waals surface area contributed by atoms with Crippen molar-refractivity contribution < 1.29 is 0 Å². The van der Waals surface area contributed by atoms with Gasteiger partial charge in [-0.05, 0) is 152 Å². The van der Waals surface area contributed by atoms with Crippen molar-refractivity contribution in [3.05, 3.63) is 237 Å². The maximum Gasteiger partial charge on any atom is 0.137 e. The van der Waals surface area contributed by atoms with Gasteiger partial charge in [0.15, 0.2) is 0 Å². The molecule has 0 saturated heterocycles. The van der Waals surface area contributed by atoms with Crippen LogP contribution in [0.2, 0.25) is 0 Å². The molecule has 61 heavy (non-hydrogen) atoms. The average molecular weight is 782 g/mol. The predicted octanol–water partition coefficient (Wildman–Crippen LogP) is 15.5. The number of hydrogen-bond donors (Lipinski definition) is 0. The van der Waals surface area contributed by atoms with Crippen molar-refractivity contribution in [2.24, 2.45) is 0 Å². The Labute approximate surface area is 354 Å². The Morgan fingerprint density at radius 1 is 0.230 bits per heavy atom. The quantitative estimate of drug-likeness (QED) is 0.136. The highest BCUT2D eigenvalue weighted by Gasteiger charge is 2.18. The minimum absolute atomic E-state index is 0.877. The third-order valence-electron chi connectivity index (χ3n) is 11.4. The number of aromatic nitrogens is 2. The molecule has 5 heteroatoms. The molecule has 0 amide bonds. The van der Waals surface area contributed by atoms with Gasteiger partial charge in [0.25, 0.3) is 0 Å². The van der Waals surface area contributed by atoms with Gasteiger partial charge in [0.2, 0.25) is 0 Å². The minimum Gasteiger partial charge on any atom is -0.310 e. The normalized spacial score (nSPS) is 11.3. The van der Waals surface area contributed by atoms with E-state index in [1.54, 1.807) is 0 Å². The van der Waals surface area contributed by atoms with Gasteiger partial charge in [0, 0.05) is 52.2 Å². The van der Waals surface area contributed by atoms with Gasteiger partial charge in [-0.3, -0.25) is 9.80 Å². The lowest BCUT2D eigenvalue weighted by Crippen LogP contribution is -2.11. The maximum atomic E-state index is 4.71. The van der Waals surface area contributed by atoms with E-state index in [2.05, 4.69) is 203 Å². The monoisotopic (exact) mass is 781 g/mol. The zero-order valence-corrected chi connectivity index (χ0v) is 33.3. The fraction of sp³-hybridized carbons (Fsp3) is 0. The second-order valence-corrected chi connectivity index (χ2v) is 15.1. The Kier molecular flexibility index (Phi) is 9.10. The van der Waals surface area contributed by atoms with Crippen molar-refractivity contribution >= 4 is 94.5 Å². The number of para-hydroxylation sites is 3. The summed E-state index contributed by atoms with van der Waals surface area (Å²) in [6.45, 7) is 0. The summed E-state index contributed by atoms with van der Waals surface area (Å²) in [5.41, 5.74) is 7.55. The van der Waals surface area contributed by atoms with Crippen LogP contribution in [0.1, 0.15) is 0 Å². The number of anilines is 9. The molecule has 0 radical (unpaired) electrons. The first-order chi connectivity index (χ1) is 30.2. The number of benzene rings is 9. The van der Waals surface area contributed by atoms with Crippen molar-refractivity contribution in [1.82, 2.24) is 9.97 Å². The molecule has 0 N–H and O–H groups in total. The Balaban J connectivity index is 0.967. The van der Waals surface area contributed by atoms with Crippen LogP contribution in [0.15, 0.2) is 237 Å². The summed E-state index contributed by atoms with van der Waals surface area (Å²) < 4.78 is 0. The van der Waals surface area contributed by atoms with Crippen molar-refractivity contribution in [1.29, 1.82) is 0 Å². The molecule has 9 aromatic carbocycles. The molecule has 2 aromatic heterocycles. The third kappa shape index (κ3) is 6.74. The first-order valence-electron chi connectivity index (χ1n) is 20.6. The zero-order chi connectivity index (χ0) is 40.5. The highest BCUT2D eigenvalue weighted by Crippen LogP contribution is 2.42. The van der Waals surface area contributed by atoms with E-state index in [1.165, 1.54) is 43.1 Å². The summed E-state index contributed by atoms with van der Waals surface area (Å²) in [4.78, 5) is 16.2. The molecular formula is C56H39N5. The predicted molar refractivity (Wildman–Crippen MR) is 256 cm³/mol. The standard InChI is InChI=1S/C56H39N5/c1-4-14-44(15-5-1)59(47-26-30-51-40(36-47)22-24-42-38-49(28-32-53(42)51)60(45-16-6-2-7-17-45)55-20-10-12-34-57-55)48-27-31-52-41(37-48)23-25-43-39-50(29-33-54(43)52)61(46-18-8-3-9-19-46)56-21-11-13-35-58-56/h1-39H. The number of rotatable bonds is 9. The van der Waals surface area contributed by atoms with E-state index in [-0.39, 0.29) is 0 Å². The van der Waals surface area contributed by atoms with Crippen LogP contribution in [0.25, 0.3) is 43.1 Å². The van der Waals surface area contributed by atoms with Crippen molar-refractivity contribution in [2.45, 2.75) is 0 Å². The Morgan fingerprint density at radius 3 is 0.836 bits per heavy atom. The Morgan fingerprint density at radius 2 is 0.525 bits per heavy atom. The molecule has 0 fully saturated rings. The van der Waals surface area contributed by atoms with Crippen LogP contribution in [-0.4, -0.2) is 9.97 Å². The van der Waals surface area contributed by atoms with Gasteiger partial charge in [-0.25, -0.2) is 9.97 Å². The lowest BCUT2D eigenvalue weighted by atomic mass is 9.99. The molecule has 11 rings (SSSR count). The number of nitrogens with zero attached hydrogens (tertiary/aromatic N) is 5. The second kappa shape index (κ2) is 15.5. The van der Waals surface area contributed by atoms with Crippen LogP contribution in [0.5, 0.6) is 0 Å². The van der Waals surface area contributed by atoms with Crippen molar-refractivity contribution in [2.75, 3.05) is 14.7 Å². The average Bonchev–Trinajstić information content (AvgIpc) is 3.33. The Hall–Kier alpha value is -8.28. The van der Waals surface area contributed by atoms with E-state index in [0.29, 0.717) is 0 Å². The first-order valence-corrected chi connectivity index (χ1v) is 20.6. The van der Waals surface area contributed by atoms with E-state index in [9.17, 15) is 0 Å². The van der Waals surface area contributed by atoms with Crippen molar-refractivity contribution in [3.63, 3.8) is 0 Å². The number of fused-ring (bicyclic) bond motifs is 6. The van der Waals surface area contributed by atoms with Gasteiger partial charge in [0.05, 0.1) is 0 Å². The third-order valence-corrected chi connectivity index (χ3v) is 11.4. The molecule has 0 spiro atoms. The van der Waals surface area contributed by atoms with E-state index in [1.807, 2.05) is 48.8 Å². The van der Waals surface area contributed by atoms with Crippen molar-refractivity contribution in [3.8, 4) is 0 Å². The Bertz CT molecular complexity index is 3020. The van der Waals surface area contributed by atoms with E-state index in [0.717, 1.165) is 51.4 Å². The molecule has 0 aliphatic rings. The summed E-state index contributed by atoms with van der Waals surface area (Å²) in [6.07, 6.45) is 3.69. The molecule has 0 saturated carbocycles. The minimum atomic E-state index is 0.877. The molecule has 2 heterocycles. The number of hydrogen-bond acceptors (Lipinski definition) is 5. The van der Waals surface area contributed by atoms with Crippen LogP contribution in [-0.2, 0) is 0 Å². The molecule has 5 nitrogen and oxygen atoms in total. The van der Waals surface area contributed by atoms with E-state index in [4.69, 9.17) is 9.97 Å². The summed E-state index contributed by atoms with van der Waals surface area (Å²) in [5.74, 6) is 1.75. The largest absolute Gasteiger partial charge is 0.310 e. The smallest absolute Gasteiger partial charge is 0.137 e. The van der Waals surface area contributed by atoms with Crippen LogP contribution >= 0.6 is 0 Å². The molecule has 0 unspecified atom stereocenters. The fourth-order valence-electron chi connectivity index (χ4n) is 8.63. The van der Waals surface area contributed by atoms with Gasteiger partial charge in [-0.15, -0.1) is 0 Å². The highest BCUT2D eigenvalue weighted by atomic mass is 15.2. The second-order valence-electron chi connectivity index (χ2n) is 15.1. The zero-order valence-electron chi connectivity index (χ0n) is 33.3. The molecule has 0 bridgehead atoms. The van der Waals surface area contributed by atoms with Crippen LogP contribution in [0.3, 0.4) is 0 Å². The topological polar surface area (TPSA) is 35.5 Å². The molecule has 0 aliphatic heterocycles. The van der Waals surface area contributed by atoms with E-state index >= 15 is 0 Å².